The van der Waals surface area contributed by atoms with E-state index < -0.39 is 6.10 Å². The molecule has 6 heteroatoms. The minimum atomic E-state index is -0.571. The summed E-state index contributed by atoms with van der Waals surface area (Å²) < 4.78 is 10.9. The number of likely N-dealkylation sites (tertiary alicyclic amines) is 1. The standard InChI is InChI=1S/C20H30N2O4/c1-5-25-20(24)22-12-10-16(11-13-22)21-19(23)15(4)26-18-9-7-6-8-17(18)14(2)3/h6-9,14-16H,5,10-13H2,1-4H3,(H,21,23). The average Bonchev–Trinajstić information content (AvgIpc) is 2.62. The molecule has 144 valence electrons. The van der Waals surface area contributed by atoms with Gasteiger partial charge in [0.25, 0.3) is 5.91 Å². The molecule has 0 aliphatic carbocycles. The molecule has 1 aromatic rings. The van der Waals surface area contributed by atoms with Gasteiger partial charge in [-0.3, -0.25) is 4.79 Å². The van der Waals surface area contributed by atoms with Gasteiger partial charge in [0.05, 0.1) is 6.61 Å². The number of benzene rings is 1. The summed E-state index contributed by atoms with van der Waals surface area (Å²) in [6.45, 7) is 9.32. The smallest absolute Gasteiger partial charge is 0.409 e. The van der Waals surface area contributed by atoms with Crippen molar-refractivity contribution in [1.82, 2.24) is 10.2 Å². The first-order chi connectivity index (χ1) is 12.4. The number of carbonyl (C=O) groups is 2. The van der Waals surface area contributed by atoms with Gasteiger partial charge < -0.3 is 19.7 Å². The Kier molecular flexibility index (Phi) is 7.30. The van der Waals surface area contributed by atoms with Crippen molar-refractivity contribution in [3.05, 3.63) is 29.8 Å². The zero-order valence-corrected chi connectivity index (χ0v) is 16.2. The minimum absolute atomic E-state index is 0.0552. The van der Waals surface area contributed by atoms with Crippen LogP contribution in [-0.4, -0.2) is 48.7 Å². The van der Waals surface area contributed by atoms with E-state index in [0.717, 1.165) is 24.2 Å². The zero-order valence-electron chi connectivity index (χ0n) is 16.2. The highest BCUT2D eigenvalue weighted by Crippen LogP contribution is 2.26. The first-order valence-electron chi connectivity index (χ1n) is 9.40. The Morgan fingerprint density at radius 2 is 1.85 bits per heavy atom. The fourth-order valence-electron chi connectivity index (χ4n) is 3.05. The number of nitrogens with one attached hydrogen (secondary N) is 1. The lowest BCUT2D eigenvalue weighted by atomic mass is 10.0. The molecule has 2 amide bonds. The lowest BCUT2D eigenvalue weighted by molar-refractivity contribution is -0.128. The van der Waals surface area contributed by atoms with E-state index in [2.05, 4.69) is 19.2 Å². The van der Waals surface area contributed by atoms with Gasteiger partial charge in [-0.15, -0.1) is 0 Å². The first kappa shape index (κ1) is 20.1. The van der Waals surface area contributed by atoms with Gasteiger partial charge in [0.15, 0.2) is 6.10 Å². The molecule has 6 nitrogen and oxygen atoms in total. The molecule has 0 saturated carbocycles. The maximum absolute atomic E-state index is 12.5. The van der Waals surface area contributed by atoms with E-state index >= 15 is 0 Å². The van der Waals surface area contributed by atoms with Gasteiger partial charge in [0.2, 0.25) is 0 Å². The van der Waals surface area contributed by atoms with Crippen molar-refractivity contribution in [2.24, 2.45) is 0 Å². The van der Waals surface area contributed by atoms with Crippen molar-refractivity contribution < 1.29 is 19.1 Å². The maximum Gasteiger partial charge on any atom is 0.409 e. The van der Waals surface area contributed by atoms with Gasteiger partial charge >= 0.3 is 6.09 Å². The van der Waals surface area contributed by atoms with Crippen LogP contribution in [0.3, 0.4) is 0 Å². The van der Waals surface area contributed by atoms with E-state index in [1.807, 2.05) is 24.3 Å². The van der Waals surface area contributed by atoms with Crippen LogP contribution in [0.4, 0.5) is 4.79 Å². The predicted octanol–water partition coefficient (Wildman–Crippen LogP) is 3.31. The molecule has 1 fully saturated rings. The van der Waals surface area contributed by atoms with Crippen molar-refractivity contribution in [2.45, 2.75) is 58.6 Å². The molecule has 0 aromatic heterocycles. The molecule has 1 heterocycles. The highest BCUT2D eigenvalue weighted by molar-refractivity contribution is 5.81. The Morgan fingerprint density at radius 1 is 1.19 bits per heavy atom. The number of hydrogen-bond donors (Lipinski definition) is 1. The largest absolute Gasteiger partial charge is 0.481 e. The Balaban J connectivity index is 1.84. The van der Waals surface area contributed by atoms with E-state index in [-0.39, 0.29) is 18.0 Å². The number of ether oxygens (including phenoxy) is 2. The summed E-state index contributed by atoms with van der Waals surface area (Å²) >= 11 is 0. The summed E-state index contributed by atoms with van der Waals surface area (Å²) in [7, 11) is 0. The number of nitrogens with zero attached hydrogens (tertiary/aromatic N) is 1. The number of carbonyl (C=O) groups excluding carboxylic acids is 2. The molecular weight excluding hydrogens is 332 g/mol. The second-order valence-electron chi connectivity index (χ2n) is 6.92. The van der Waals surface area contributed by atoms with Crippen molar-refractivity contribution >= 4 is 12.0 Å². The fraction of sp³-hybridized carbons (Fsp3) is 0.600. The topological polar surface area (TPSA) is 67.9 Å². The third-order valence-electron chi connectivity index (χ3n) is 4.58. The Labute approximate surface area is 155 Å². The van der Waals surface area contributed by atoms with Gasteiger partial charge in [-0.2, -0.15) is 0 Å². The molecule has 26 heavy (non-hydrogen) atoms. The minimum Gasteiger partial charge on any atom is -0.481 e. The van der Waals surface area contributed by atoms with Crippen LogP contribution in [0.5, 0.6) is 5.75 Å². The second-order valence-corrected chi connectivity index (χ2v) is 6.92. The molecule has 1 aliphatic rings. The summed E-state index contributed by atoms with van der Waals surface area (Å²) in [4.78, 5) is 25.9. The van der Waals surface area contributed by atoms with Crippen LogP contribution < -0.4 is 10.1 Å². The monoisotopic (exact) mass is 362 g/mol. The van der Waals surface area contributed by atoms with Gasteiger partial charge in [0.1, 0.15) is 5.75 Å². The van der Waals surface area contributed by atoms with Crippen molar-refractivity contribution in [3.63, 3.8) is 0 Å². The molecule has 2 rings (SSSR count). The molecule has 0 bridgehead atoms. The Hall–Kier alpha value is -2.24. The molecule has 1 atom stereocenters. The normalized spacial score (nSPS) is 16.3. The third-order valence-corrected chi connectivity index (χ3v) is 4.58. The zero-order chi connectivity index (χ0) is 19.1. The van der Waals surface area contributed by atoms with Gasteiger partial charge in [-0.1, -0.05) is 32.0 Å². The number of hydrogen-bond acceptors (Lipinski definition) is 4. The SMILES string of the molecule is CCOC(=O)N1CCC(NC(=O)C(C)Oc2ccccc2C(C)C)CC1. The van der Waals surface area contributed by atoms with Crippen LogP contribution in [0, 0.1) is 0 Å². The summed E-state index contributed by atoms with van der Waals surface area (Å²) in [5.74, 6) is 0.953. The quantitative estimate of drug-likeness (QED) is 0.843. The van der Waals surface area contributed by atoms with E-state index in [1.165, 1.54) is 0 Å². The maximum atomic E-state index is 12.5. The molecule has 0 spiro atoms. The summed E-state index contributed by atoms with van der Waals surface area (Å²) in [5, 5.41) is 3.04. The van der Waals surface area contributed by atoms with Gasteiger partial charge in [-0.25, -0.2) is 4.79 Å². The van der Waals surface area contributed by atoms with E-state index in [0.29, 0.717) is 25.6 Å². The summed E-state index contributed by atoms with van der Waals surface area (Å²) in [6.07, 6.45) is 0.594. The number of rotatable bonds is 6. The van der Waals surface area contributed by atoms with E-state index in [9.17, 15) is 9.59 Å². The van der Waals surface area contributed by atoms with E-state index in [1.54, 1.807) is 18.7 Å². The lowest BCUT2D eigenvalue weighted by Gasteiger charge is -2.32. The molecule has 1 aliphatic heterocycles. The molecule has 1 aromatic carbocycles. The highest BCUT2D eigenvalue weighted by Gasteiger charge is 2.26. The molecule has 1 unspecified atom stereocenters. The second kappa shape index (κ2) is 9.46. The first-order valence-corrected chi connectivity index (χ1v) is 9.40. The van der Waals surface area contributed by atoms with Crippen LogP contribution in [0.15, 0.2) is 24.3 Å². The fourth-order valence-corrected chi connectivity index (χ4v) is 3.05. The Bertz CT molecular complexity index is 610. The van der Waals surface area contributed by atoms with Crippen molar-refractivity contribution in [2.75, 3.05) is 19.7 Å². The third kappa shape index (κ3) is 5.38. The van der Waals surface area contributed by atoms with Crippen LogP contribution in [0.2, 0.25) is 0 Å². The van der Waals surface area contributed by atoms with Crippen LogP contribution in [-0.2, 0) is 9.53 Å². The van der Waals surface area contributed by atoms with Gasteiger partial charge in [0, 0.05) is 19.1 Å². The molecular formula is C20H30N2O4. The number of amides is 2. The predicted molar refractivity (Wildman–Crippen MR) is 100 cm³/mol. The molecule has 1 N–H and O–H groups in total. The van der Waals surface area contributed by atoms with Crippen molar-refractivity contribution in [3.8, 4) is 5.75 Å². The van der Waals surface area contributed by atoms with Crippen LogP contribution in [0.1, 0.15) is 52.0 Å². The lowest BCUT2D eigenvalue weighted by Crippen LogP contribution is -2.49. The van der Waals surface area contributed by atoms with E-state index in [4.69, 9.17) is 9.47 Å². The average molecular weight is 362 g/mol. The van der Waals surface area contributed by atoms with Gasteiger partial charge in [-0.05, 0) is 44.2 Å². The summed E-state index contributed by atoms with van der Waals surface area (Å²) in [6, 6.07) is 7.87. The van der Waals surface area contributed by atoms with Crippen molar-refractivity contribution in [1.29, 1.82) is 0 Å². The highest BCUT2D eigenvalue weighted by atomic mass is 16.6. The van der Waals surface area contributed by atoms with Crippen LogP contribution in [0.25, 0.3) is 0 Å². The number of para-hydroxylation sites is 1. The molecule has 1 saturated heterocycles. The number of piperidine rings is 1. The molecule has 0 radical (unpaired) electrons. The Morgan fingerprint density at radius 3 is 2.46 bits per heavy atom. The van der Waals surface area contributed by atoms with Crippen LogP contribution >= 0.6 is 0 Å². The summed E-state index contributed by atoms with van der Waals surface area (Å²) in [5.41, 5.74) is 1.09.